The predicted molar refractivity (Wildman–Crippen MR) is 127 cm³/mol. The van der Waals surface area contributed by atoms with Gasteiger partial charge in [0.2, 0.25) is 0 Å². The molecule has 0 bridgehead atoms. The molecule has 0 aromatic rings. The fraction of sp³-hybridized carbons (Fsp3) is 1.00. The molecule has 0 aliphatic carbocycles. The molecule has 0 aromatic carbocycles. The van der Waals surface area contributed by atoms with Crippen molar-refractivity contribution in [2.45, 2.75) is 151 Å². The van der Waals surface area contributed by atoms with Crippen molar-refractivity contribution in [2.75, 3.05) is 0 Å². The first-order valence-electron chi connectivity index (χ1n) is 15.3. The van der Waals surface area contributed by atoms with Crippen molar-refractivity contribution in [3.63, 3.8) is 0 Å². The van der Waals surface area contributed by atoms with Crippen LogP contribution in [0.5, 0.6) is 0 Å². The van der Waals surface area contributed by atoms with E-state index in [0.29, 0.717) is 0 Å². The highest BCUT2D eigenvalue weighted by Crippen LogP contribution is 2.72. The van der Waals surface area contributed by atoms with Crippen molar-refractivity contribution in [2.24, 2.45) is 0 Å². The minimum absolute atomic E-state index is 1.81. The molecular weight excluding hydrogens is 1160 g/mol. The summed E-state index contributed by atoms with van der Waals surface area (Å²) in [7, 11) is 0. The second-order valence-corrected chi connectivity index (χ2v) is 12.9. The lowest BCUT2D eigenvalue weighted by molar-refractivity contribution is -0.497. The van der Waals surface area contributed by atoms with Gasteiger partial charge >= 0.3 is 131 Å². The van der Waals surface area contributed by atoms with Crippen LogP contribution in [0, 0.1) is 0 Å². The Hall–Kier alpha value is -3.15. The summed E-state index contributed by atoms with van der Waals surface area (Å²) >= 11 is 0. The van der Waals surface area contributed by atoms with Crippen molar-refractivity contribution < 1.29 is 198 Å². The summed E-state index contributed by atoms with van der Waals surface area (Å²) < 4.78 is 611. The third-order valence-corrected chi connectivity index (χ3v) is 8.40. The van der Waals surface area contributed by atoms with Crippen molar-refractivity contribution in [1.29, 1.82) is 0 Å². The zero-order valence-corrected chi connectivity index (χ0v) is 31.0. The van der Waals surface area contributed by atoms with Gasteiger partial charge in [-0.1, -0.05) is 13.8 Å². The van der Waals surface area contributed by atoms with Crippen LogP contribution in [0.1, 0.15) is 20.8 Å². The molecule has 0 saturated carbocycles. The fourth-order valence-electron chi connectivity index (χ4n) is 4.00. The summed E-state index contributed by atoms with van der Waals surface area (Å²) in [4.78, 5) is 0. The van der Waals surface area contributed by atoms with Gasteiger partial charge in [0.25, 0.3) is 0 Å². The largest absolute Gasteiger partial charge is 0.460 e. The van der Waals surface area contributed by atoms with Crippen LogP contribution in [0.4, 0.5) is 198 Å². The van der Waals surface area contributed by atoms with Gasteiger partial charge in [0.05, 0.1) is 0 Å². The zero-order chi connectivity index (χ0) is 59.0. The first-order valence-corrected chi connectivity index (χ1v) is 15.3. The summed E-state index contributed by atoms with van der Waals surface area (Å²) in [6, 6.07) is 0. The topological polar surface area (TPSA) is 0 Å². The van der Waals surface area contributed by atoms with E-state index in [4.69, 9.17) is 0 Å². The molecule has 0 spiro atoms. The van der Waals surface area contributed by atoms with Gasteiger partial charge in [-0.05, 0) is 0 Å². The highest BCUT2D eigenvalue weighted by Gasteiger charge is 3.04. The molecule has 0 heterocycles. The smallest absolute Gasteiger partial charge is 0.200 e. The van der Waals surface area contributed by atoms with Gasteiger partial charge in [0, 0.05) is 6.92 Å². The van der Waals surface area contributed by atoms with E-state index < -0.39 is 137 Å². The van der Waals surface area contributed by atoms with Crippen LogP contribution in [-0.2, 0) is 0 Å². The van der Waals surface area contributed by atoms with Crippen LogP contribution < -0.4 is 0 Å². The van der Waals surface area contributed by atoms with Gasteiger partial charge < -0.3 is 0 Å². The number of hydrogen-bond acceptors (Lipinski definition) is 0. The van der Waals surface area contributed by atoms with Gasteiger partial charge in [-0.25, -0.2) is 0 Å². The Morgan fingerprint density at radius 3 is 0.271 bits per heavy atom. The first-order chi connectivity index (χ1) is 29.2. The van der Waals surface area contributed by atoms with E-state index in [1.165, 1.54) is 0 Å². The molecule has 45 heteroatoms. The zero-order valence-electron chi connectivity index (χ0n) is 31.0. The monoisotopic (exact) mass is 1160 g/mol. The maximum atomic E-state index is 14.0. The number of hydrogen-bond donors (Lipinski definition) is 0. The Morgan fingerprint density at radius 1 is 0.129 bits per heavy atom. The minimum atomic E-state index is -10.8. The quantitative estimate of drug-likeness (QED) is 0.107. The second-order valence-electron chi connectivity index (χ2n) is 12.9. The maximum absolute atomic E-state index is 14.0. The number of rotatable bonds is 20. The summed E-state index contributed by atoms with van der Waals surface area (Å²) in [5, 5.41) is 0. The summed E-state index contributed by atoms with van der Waals surface area (Å²) in [5.74, 6) is -211. The van der Waals surface area contributed by atoms with E-state index in [-0.39, 0.29) is 0 Å². The Labute approximate surface area is 350 Å². The van der Waals surface area contributed by atoms with Crippen LogP contribution in [-0.4, -0.2) is 131 Å². The van der Waals surface area contributed by atoms with Crippen molar-refractivity contribution in [3.8, 4) is 0 Å². The van der Waals surface area contributed by atoms with Gasteiger partial charge in [-0.3, -0.25) is 0 Å². The molecule has 0 N–H and O–H groups in total. The van der Waals surface area contributed by atoms with Gasteiger partial charge in [0.15, 0.2) is 0 Å². The van der Waals surface area contributed by atoms with Crippen LogP contribution in [0.3, 0.4) is 0 Å². The molecule has 0 aromatic heterocycles. The standard InChI is InChI=1S/C23H3F45.C2H6/c1-2(24,25)3(26,27)4(28,29)5(30,31)6(32,33)7(34,35)8(36,37)9(38,39)10(40,41)11(42,43)12(44,45)13(46,47)14(48,49)15(50,51)16(52,53)17(54,55)18(56,57)19(58,59)20(60,61)21(62,63)22(64,65)23(66,67)68;1-2/h1H3;1-2H3. The molecule has 0 rings (SSSR count). The summed E-state index contributed by atoms with van der Waals surface area (Å²) in [6.07, 6.45) is -8.57. The molecule has 0 nitrogen and oxygen atoms in total. The van der Waals surface area contributed by atoms with Crippen LogP contribution in [0.25, 0.3) is 0 Å². The average Bonchev–Trinajstić information content (AvgIpc) is 3.12. The molecule has 0 fully saturated rings. The Balaban J connectivity index is 0. The lowest BCUT2D eigenvalue weighted by atomic mass is 9.81. The molecule has 0 atom stereocenters. The third kappa shape index (κ3) is 7.65. The fourth-order valence-corrected chi connectivity index (χ4v) is 4.00. The van der Waals surface area contributed by atoms with E-state index in [1.807, 2.05) is 13.8 Å². The van der Waals surface area contributed by atoms with Crippen molar-refractivity contribution in [3.05, 3.63) is 0 Å². The normalized spacial score (nSPS) is 17.1. The number of alkyl halides is 45. The second kappa shape index (κ2) is 16.7. The molecule has 0 saturated heterocycles. The van der Waals surface area contributed by atoms with E-state index >= 15 is 0 Å². The minimum Gasteiger partial charge on any atom is -0.200 e. The molecule has 424 valence electrons. The van der Waals surface area contributed by atoms with Crippen molar-refractivity contribution >= 4 is 0 Å². The SMILES string of the molecule is CC.CC(F)(F)C(F)(F)C(F)(F)C(F)(F)C(F)(F)C(F)(F)C(F)(F)C(F)(F)C(F)(F)C(F)(F)C(F)(F)C(F)(F)C(F)(F)C(F)(F)C(F)(F)C(F)(F)C(F)(F)C(F)(F)C(F)(F)C(F)(F)C(F)(F)C(F)(F)F. The lowest BCUT2D eigenvalue weighted by Gasteiger charge is -2.47. The Bertz CT molecular complexity index is 1690. The van der Waals surface area contributed by atoms with Crippen molar-refractivity contribution in [1.82, 2.24) is 0 Å². The highest BCUT2D eigenvalue weighted by molar-refractivity contribution is 5.24. The molecule has 0 radical (unpaired) electrons. The lowest BCUT2D eigenvalue weighted by Crippen LogP contribution is -2.81. The highest BCUT2D eigenvalue weighted by atomic mass is 19.4. The molecular formula is C25H9F45. The van der Waals surface area contributed by atoms with E-state index in [2.05, 4.69) is 0 Å². The predicted octanol–water partition coefficient (Wildman–Crippen LogP) is 15.9. The summed E-state index contributed by atoms with van der Waals surface area (Å²) in [6.45, 7) is 2.19. The molecule has 0 aliphatic heterocycles. The summed E-state index contributed by atoms with van der Waals surface area (Å²) in [5.41, 5.74) is 0. The van der Waals surface area contributed by atoms with Crippen LogP contribution in [0.15, 0.2) is 0 Å². The van der Waals surface area contributed by atoms with Crippen LogP contribution in [0.2, 0.25) is 0 Å². The number of halogens is 45. The first kappa shape index (κ1) is 68.9. The maximum Gasteiger partial charge on any atom is 0.460 e. The molecule has 0 aliphatic rings. The van der Waals surface area contributed by atoms with E-state index in [1.54, 1.807) is 0 Å². The van der Waals surface area contributed by atoms with Gasteiger partial charge in [-0.15, -0.1) is 0 Å². The Morgan fingerprint density at radius 2 is 0.200 bits per heavy atom. The van der Waals surface area contributed by atoms with Gasteiger partial charge in [0.1, 0.15) is 0 Å². The van der Waals surface area contributed by atoms with E-state index in [9.17, 15) is 198 Å². The van der Waals surface area contributed by atoms with Crippen LogP contribution >= 0.6 is 0 Å². The Kier molecular flexibility index (Phi) is 16.4. The molecule has 0 unspecified atom stereocenters. The molecule has 0 amide bonds. The van der Waals surface area contributed by atoms with E-state index in [0.717, 1.165) is 0 Å². The molecule has 70 heavy (non-hydrogen) atoms. The third-order valence-electron chi connectivity index (χ3n) is 8.40. The van der Waals surface area contributed by atoms with Gasteiger partial charge in [-0.2, -0.15) is 198 Å². The average molecular weight is 1160 g/mol.